The minimum Gasteiger partial charge on any atom is -0.469 e. The number of carbonyl (C=O) groups excluding carboxylic acids is 1. The SMILES string of the molecule is Cc1nn(-c2ccc(N3CCOCC3)nn2)c(C)c1CCC(=O)NCCCc1ccco1. The van der Waals surface area contributed by atoms with Gasteiger partial charge in [-0.2, -0.15) is 5.10 Å². The molecule has 0 bridgehead atoms. The molecule has 3 aromatic rings. The summed E-state index contributed by atoms with van der Waals surface area (Å²) in [5.74, 6) is 2.52. The number of hydrogen-bond donors (Lipinski definition) is 1. The molecule has 0 saturated carbocycles. The van der Waals surface area contributed by atoms with Gasteiger partial charge in [-0.15, -0.1) is 10.2 Å². The van der Waals surface area contributed by atoms with Gasteiger partial charge in [0.15, 0.2) is 11.6 Å². The lowest BCUT2D eigenvalue weighted by Crippen LogP contribution is -2.36. The van der Waals surface area contributed by atoms with E-state index in [1.54, 1.807) is 6.26 Å². The summed E-state index contributed by atoms with van der Waals surface area (Å²) in [6.07, 6.45) is 4.41. The molecule has 0 aliphatic carbocycles. The van der Waals surface area contributed by atoms with Crippen molar-refractivity contribution >= 4 is 11.7 Å². The van der Waals surface area contributed by atoms with Crippen LogP contribution in [0.25, 0.3) is 5.82 Å². The number of hydrogen-bond acceptors (Lipinski definition) is 7. The van der Waals surface area contributed by atoms with Crippen molar-refractivity contribution in [2.75, 3.05) is 37.7 Å². The van der Waals surface area contributed by atoms with Gasteiger partial charge >= 0.3 is 0 Å². The molecule has 170 valence electrons. The van der Waals surface area contributed by atoms with Crippen molar-refractivity contribution in [2.45, 2.75) is 39.5 Å². The Balaban J connectivity index is 1.30. The lowest BCUT2D eigenvalue weighted by molar-refractivity contribution is -0.121. The average molecular weight is 439 g/mol. The summed E-state index contributed by atoms with van der Waals surface area (Å²) >= 11 is 0. The van der Waals surface area contributed by atoms with Crippen molar-refractivity contribution in [1.29, 1.82) is 0 Å². The van der Waals surface area contributed by atoms with Crippen molar-refractivity contribution in [3.63, 3.8) is 0 Å². The number of morpholine rings is 1. The van der Waals surface area contributed by atoms with Crippen LogP contribution in [0.1, 0.15) is 35.6 Å². The maximum absolute atomic E-state index is 12.3. The Morgan fingerprint density at radius 3 is 2.59 bits per heavy atom. The molecular formula is C23H30N6O3. The van der Waals surface area contributed by atoms with Crippen molar-refractivity contribution in [1.82, 2.24) is 25.3 Å². The molecule has 0 atom stereocenters. The largest absolute Gasteiger partial charge is 0.469 e. The van der Waals surface area contributed by atoms with E-state index in [1.165, 1.54) is 0 Å². The van der Waals surface area contributed by atoms with Crippen LogP contribution in [-0.4, -0.2) is 58.7 Å². The standard InChI is InChI=1S/C23H30N6O3/c1-17-20(7-10-23(30)24-11-3-5-19-6-4-14-32-19)18(2)29(27-17)22-9-8-21(25-26-22)28-12-15-31-16-13-28/h4,6,8-9,14H,3,5,7,10-13,15-16H2,1-2H3,(H,24,30). The van der Waals surface area contributed by atoms with Crippen LogP contribution in [-0.2, 0) is 22.4 Å². The number of nitrogens with one attached hydrogen (secondary N) is 1. The first-order chi connectivity index (χ1) is 15.6. The summed E-state index contributed by atoms with van der Waals surface area (Å²) in [4.78, 5) is 14.4. The summed E-state index contributed by atoms with van der Waals surface area (Å²) in [7, 11) is 0. The lowest BCUT2D eigenvalue weighted by Gasteiger charge is -2.27. The topological polar surface area (TPSA) is 98.3 Å². The van der Waals surface area contributed by atoms with Crippen LogP contribution in [0.15, 0.2) is 34.9 Å². The van der Waals surface area contributed by atoms with E-state index in [0.29, 0.717) is 38.4 Å². The van der Waals surface area contributed by atoms with Crippen molar-refractivity contribution in [3.05, 3.63) is 53.2 Å². The normalized spacial score (nSPS) is 14.0. The molecular weight excluding hydrogens is 408 g/mol. The predicted octanol–water partition coefficient (Wildman–Crippen LogP) is 2.39. The monoisotopic (exact) mass is 438 g/mol. The maximum atomic E-state index is 12.3. The fourth-order valence-electron chi connectivity index (χ4n) is 3.92. The fourth-order valence-corrected chi connectivity index (χ4v) is 3.92. The third-order valence-electron chi connectivity index (χ3n) is 5.73. The lowest BCUT2D eigenvalue weighted by atomic mass is 10.1. The molecule has 1 aliphatic heterocycles. The second-order valence-electron chi connectivity index (χ2n) is 7.94. The van der Waals surface area contributed by atoms with Gasteiger partial charge in [-0.1, -0.05) is 0 Å². The Bertz CT molecular complexity index is 1010. The maximum Gasteiger partial charge on any atom is 0.220 e. The number of rotatable bonds is 9. The molecule has 0 unspecified atom stereocenters. The second-order valence-corrected chi connectivity index (χ2v) is 7.94. The second kappa shape index (κ2) is 10.4. The van der Waals surface area contributed by atoms with E-state index in [4.69, 9.17) is 9.15 Å². The summed E-state index contributed by atoms with van der Waals surface area (Å²) in [6.45, 7) is 7.68. The van der Waals surface area contributed by atoms with Gasteiger partial charge in [0.25, 0.3) is 0 Å². The molecule has 0 aromatic carbocycles. The number of aryl methyl sites for hydroxylation is 2. The average Bonchev–Trinajstić information content (AvgIpc) is 3.44. The van der Waals surface area contributed by atoms with Gasteiger partial charge in [0.05, 0.1) is 25.2 Å². The number of ether oxygens (including phenoxy) is 1. The fraction of sp³-hybridized carbons (Fsp3) is 0.478. The van der Waals surface area contributed by atoms with Gasteiger partial charge in [0.1, 0.15) is 5.76 Å². The van der Waals surface area contributed by atoms with E-state index in [-0.39, 0.29) is 5.91 Å². The highest BCUT2D eigenvalue weighted by molar-refractivity contribution is 5.76. The minimum absolute atomic E-state index is 0.0469. The highest BCUT2D eigenvalue weighted by Crippen LogP contribution is 2.19. The minimum atomic E-state index is 0.0469. The Kier molecular flexibility index (Phi) is 7.16. The van der Waals surface area contributed by atoms with Crippen LogP contribution in [0.3, 0.4) is 0 Å². The summed E-state index contributed by atoms with van der Waals surface area (Å²) in [5.41, 5.74) is 2.98. The molecule has 4 heterocycles. The van der Waals surface area contributed by atoms with E-state index < -0.39 is 0 Å². The molecule has 32 heavy (non-hydrogen) atoms. The number of furan rings is 1. The Morgan fingerprint density at radius 2 is 1.88 bits per heavy atom. The highest BCUT2D eigenvalue weighted by atomic mass is 16.5. The first-order valence-electron chi connectivity index (χ1n) is 11.1. The van der Waals surface area contributed by atoms with Gasteiger partial charge in [0.2, 0.25) is 5.91 Å². The van der Waals surface area contributed by atoms with E-state index in [2.05, 4.69) is 25.5 Å². The summed E-state index contributed by atoms with van der Waals surface area (Å²) in [6, 6.07) is 7.74. The first kappa shape index (κ1) is 22.0. The summed E-state index contributed by atoms with van der Waals surface area (Å²) < 4.78 is 12.5. The van der Waals surface area contributed by atoms with Crippen molar-refractivity contribution in [2.24, 2.45) is 0 Å². The van der Waals surface area contributed by atoms with Crippen LogP contribution in [0, 0.1) is 13.8 Å². The van der Waals surface area contributed by atoms with Gasteiger partial charge in [-0.3, -0.25) is 4.79 Å². The predicted molar refractivity (Wildman–Crippen MR) is 120 cm³/mol. The van der Waals surface area contributed by atoms with E-state index in [0.717, 1.165) is 54.5 Å². The Morgan fingerprint density at radius 1 is 1.09 bits per heavy atom. The van der Waals surface area contributed by atoms with Crippen LogP contribution >= 0.6 is 0 Å². The van der Waals surface area contributed by atoms with E-state index in [1.807, 2.05) is 42.8 Å². The third-order valence-corrected chi connectivity index (χ3v) is 5.73. The van der Waals surface area contributed by atoms with Crippen LogP contribution < -0.4 is 10.2 Å². The van der Waals surface area contributed by atoms with E-state index >= 15 is 0 Å². The zero-order chi connectivity index (χ0) is 22.3. The molecule has 0 radical (unpaired) electrons. The van der Waals surface area contributed by atoms with E-state index in [9.17, 15) is 4.79 Å². The van der Waals surface area contributed by atoms with Crippen molar-refractivity contribution < 1.29 is 13.9 Å². The molecule has 1 saturated heterocycles. The van der Waals surface area contributed by atoms with Crippen molar-refractivity contribution in [3.8, 4) is 5.82 Å². The first-order valence-corrected chi connectivity index (χ1v) is 11.1. The quantitative estimate of drug-likeness (QED) is 0.512. The number of amides is 1. The van der Waals surface area contributed by atoms with Gasteiger partial charge in [-0.05, 0) is 56.5 Å². The van der Waals surface area contributed by atoms with Crippen LogP contribution in [0.4, 0.5) is 5.82 Å². The number of anilines is 1. The number of aromatic nitrogens is 4. The molecule has 9 nitrogen and oxygen atoms in total. The Labute approximate surface area is 187 Å². The summed E-state index contributed by atoms with van der Waals surface area (Å²) in [5, 5.41) is 16.4. The zero-order valence-electron chi connectivity index (χ0n) is 18.7. The highest BCUT2D eigenvalue weighted by Gasteiger charge is 2.17. The molecule has 9 heteroatoms. The van der Waals surface area contributed by atoms with Gasteiger partial charge < -0.3 is 19.4 Å². The Hall–Kier alpha value is -3.20. The number of nitrogens with zero attached hydrogens (tertiary/aromatic N) is 5. The third kappa shape index (κ3) is 5.34. The molecule has 4 rings (SSSR count). The number of carbonyl (C=O) groups is 1. The molecule has 3 aromatic heterocycles. The molecule has 1 aliphatic rings. The van der Waals surface area contributed by atoms with Crippen LogP contribution in [0.5, 0.6) is 0 Å². The smallest absolute Gasteiger partial charge is 0.220 e. The van der Waals surface area contributed by atoms with Gasteiger partial charge in [0, 0.05) is 38.2 Å². The molecule has 0 spiro atoms. The van der Waals surface area contributed by atoms with Crippen LogP contribution in [0.2, 0.25) is 0 Å². The zero-order valence-corrected chi connectivity index (χ0v) is 18.7. The van der Waals surface area contributed by atoms with Gasteiger partial charge in [-0.25, -0.2) is 4.68 Å². The molecule has 1 amide bonds. The molecule has 1 N–H and O–H groups in total. The molecule has 1 fully saturated rings.